The molecule has 114 valence electrons. The lowest BCUT2D eigenvalue weighted by atomic mass is 9.97. The molecule has 7 heteroatoms. The maximum atomic E-state index is 10.2. The molecule has 0 fully saturated rings. The maximum absolute atomic E-state index is 10.2. The normalized spacial score (nSPS) is 24.6. The number of dihydropyridines is 1. The van der Waals surface area contributed by atoms with E-state index < -0.39 is 0 Å². The van der Waals surface area contributed by atoms with Crippen molar-refractivity contribution in [1.82, 2.24) is 9.55 Å². The van der Waals surface area contributed by atoms with Crippen molar-refractivity contribution in [3.8, 4) is 5.88 Å². The molecule has 0 radical (unpaired) electrons. The zero-order chi connectivity index (χ0) is 15.7. The van der Waals surface area contributed by atoms with E-state index in [0.717, 1.165) is 16.5 Å². The van der Waals surface area contributed by atoms with Gasteiger partial charge in [0.25, 0.3) is 0 Å². The Labute approximate surface area is 137 Å². The number of allylic oxidation sites excluding steroid dienone is 1. The second-order valence-electron chi connectivity index (χ2n) is 4.95. The Morgan fingerprint density at radius 2 is 2.23 bits per heavy atom. The van der Waals surface area contributed by atoms with Crippen LogP contribution in [0.15, 0.2) is 44.5 Å². The third kappa shape index (κ3) is 2.76. The van der Waals surface area contributed by atoms with Crippen LogP contribution in [0.2, 0.25) is 0 Å². The topological polar surface area (TPSA) is 62.8 Å². The van der Waals surface area contributed by atoms with Crippen LogP contribution in [-0.2, 0) is 7.05 Å². The van der Waals surface area contributed by atoms with E-state index in [0.29, 0.717) is 10.7 Å². The lowest BCUT2D eigenvalue weighted by Crippen LogP contribution is -2.15. The number of nitrogens with zero attached hydrogens (tertiary/aromatic N) is 4. The van der Waals surface area contributed by atoms with Gasteiger partial charge in [0.15, 0.2) is 5.16 Å². The minimum Gasteiger partial charge on any atom is -0.493 e. The molecule has 2 unspecified atom stereocenters. The molecule has 0 saturated carbocycles. The number of hydrogen-bond acceptors (Lipinski definition) is 5. The molecule has 0 amide bonds. The van der Waals surface area contributed by atoms with Gasteiger partial charge in [0.1, 0.15) is 11.9 Å². The fourth-order valence-corrected chi connectivity index (χ4v) is 3.23. The molecule has 5 nitrogen and oxygen atoms in total. The van der Waals surface area contributed by atoms with Gasteiger partial charge in [-0.25, -0.2) is 4.98 Å². The van der Waals surface area contributed by atoms with Gasteiger partial charge in [-0.15, -0.1) is 6.58 Å². The van der Waals surface area contributed by atoms with Crippen LogP contribution in [0.1, 0.15) is 5.69 Å². The molecule has 1 N–H and O–H groups in total. The molecule has 0 saturated heterocycles. The summed E-state index contributed by atoms with van der Waals surface area (Å²) in [5.74, 6) is 0.868. The summed E-state index contributed by atoms with van der Waals surface area (Å²) in [5.41, 5.74) is 1.46. The third-order valence-electron chi connectivity index (χ3n) is 3.46. The largest absolute Gasteiger partial charge is 0.493 e. The van der Waals surface area contributed by atoms with Gasteiger partial charge in [-0.1, -0.05) is 35.5 Å². The molecule has 0 aromatic carbocycles. The van der Waals surface area contributed by atoms with Crippen LogP contribution in [0.4, 0.5) is 0 Å². The highest BCUT2D eigenvalue weighted by Gasteiger charge is 2.29. The number of aromatic nitrogens is 2. The van der Waals surface area contributed by atoms with Gasteiger partial charge in [0, 0.05) is 31.1 Å². The Morgan fingerprint density at radius 1 is 1.45 bits per heavy atom. The van der Waals surface area contributed by atoms with Crippen molar-refractivity contribution in [3.05, 3.63) is 35.0 Å². The van der Waals surface area contributed by atoms with Crippen molar-refractivity contribution in [1.29, 1.82) is 0 Å². The first-order chi connectivity index (χ1) is 10.6. The van der Waals surface area contributed by atoms with Crippen LogP contribution in [0, 0.1) is 5.92 Å². The van der Waals surface area contributed by atoms with Crippen molar-refractivity contribution < 1.29 is 5.11 Å². The monoisotopic (exact) mass is 334 g/mol. The number of halogens is 1. The number of aromatic hydroxyl groups is 1. The molecule has 0 aliphatic carbocycles. The molecule has 0 spiro atoms. The summed E-state index contributed by atoms with van der Waals surface area (Å²) in [5, 5.41) is 11.6. The van der Waals surface area contributed by atoms with Gasteiger partial charge >= 0.3 is 0 Å². The molecular formula is C15H15ClN4OS. The molecule has 22 heavy (non-hydrogen) atoms. The van der Waals surface area contributed by atoms with E-state index in [4.69, 9.17) is 11.6 Å². The minimum absolute atomic E-state index is 0.00295. The van der Waals surface area contributed by atoms with E-state index in [9.17, 15) is 5.11 Å². The highest BCUT2D eigenvalue weighted by atomic mass is 35.5. The zero-order valence-electron chi connectivity index (χ0n) is 12.0. The lowest BCUT2D eigenvalue weighted by Gasteiger charge is -2.15. The molecular weight excluding hydrogens is 320 g/mol. The van der Waals surface area contributed by atoms with Gasteiger partial charge < -0.3 is 5.11 Å². The first-order valence-corrected chi connectivity index (χ1v) is 8.11. The Morgan fingerprint density at radius 3 is 3.00 bits per heavy atom. The fraction of sp³-hybridized carbons (Fsp3) is 0.267. The highest BCUT2D eigenvalue weighted by Crippen LogP contribution is 2.33. The standard InChI is InChI=1S/C15H15ClN4OS/c1-3-4-22-15-19-12(14(21)20(15)2)5-9-7-17-13-11(9)6-10(16)8-18-13/h3,5-8,11,13,21H,1,4H2,2H3. The van der Waals surface area contributed by atoms with Crippen molar-refractivity contribution in [2.45, 2.75) is 11.3 Å². The van der Waals surface area contributed by atoms with Crippen LogP contribution in [0.25, 0.3) is 6.08 Å². The van der Waals surface area contributed by atoms with Crippen LogP contribution in [0.3, 0.4) is 0 Å². The molecule has 2 aliphatic heterocycles. The summed E-state index contributed by atoms with van der Waals surface area (Å²) in [6.07, 6.45) is 8.78. The smallest absolute Gasteiger partial charge is 0.219 e. The molecule has 3 rings (SSSR count). The maximum Gasteiger partial charge on any atom is 0.219 e. The molecule has 3 heterocycles. The van der Waals surface area contributed by atoms with E-state index in [1.54, 1.807) is 30.1 Å². The van der Waals surface area contributed by atoms with Crippen LogP contribution >= 0.6 is 23.4 Å². The predicted octanol–water partition coefficient (Wildman–Crippen LogP) is 3.02. The van der Waals surface area contributed by atoms with Crippen LogP contribution in [0.5, 0.6) is 5.88 Å². The van der Waals surface area contributed by atoms with Crippen molar-refractivity contribution in [2.75, 3.05) is 5.75 Å². The SMILES string of the molecule is C=CCSc1nc(C=C2C=NC3N=CC(Cl)=CC23)c(O)n1C. The summed E-state index contributed by atoms with van der Waals surface area (Å²) >= 11 is 7.53. The Hall–Kier alpha value is -1.79. The van der Waals surface area contributed by atoms with Gasteiger partial charge in [0.05, 0.1) is 5.03 Å². The molecule has 0 bridgehead atoms. The summed E-state index contributed by atoms with van der Waals surface area (Å²) in [4.78, 5) is 13.1. The second-order valence-corrected chi connectivity index (χ2v) is 6.38. The molecule has 1 aromatic rings. The number of hydrogen-bond donors (Lipinski definition) is 1. The first-order valence-electron chi connectivity index (χ1n) is 6.75. The number of fused-ring (bicyclic) bond motifs is 1. The first kappa shape index (κ1) is 15.1. The fourth-order valence-electron chi connectivity index (χ4n) is 2.33. The molecule has 2 aliphatic rings. The van der Waals surface area contributed by atoms with Gasteiger partial charge in [-0.05, 0) is 11.6 Å². The predicted molar refractivity (Wildman–Crippen MR) is 92.0 cm³/mol. The quantitative estimate of drug-likeness (QED) is 0.680. The average Bonchev–Trinajstić information content (AvgIpc) is 3.02. The second kappa shape index (κ2) is 6.14. The van der Waals surface area contributed by atoms with E-state index in [1.807, 2.05) is 12.2 Å². The zero-order valence-corrected chi connectivity index (χ0v) is 13.6. The van der Waals surface area contributed by atoms with Crippen molar-refractivity contribution in [3.63, 3.8) is 0 Å². The number of rotatable bonds is 4. The number of aliphatic imine (C=N–C) groups is 2. The van der Waals surface area contributed by atoms with Crippen LogP contribution in [-0.4, -0.2) is 39.0 Å². The average molecular weight is 335 g/mol. The Kier molecular flexibility index (Phi) is 4.22. The van der Waals surface area contributed by atoms with Crippen molar-refractivity contribution >= 4 is 41.9 Å². The van der Waals surface area contributed by atoms with Gasteiger partial charge in [-0.2, -0.15) is 0 Å². The van der Waals surface area contributed by atoms with E-state index in [-0.39, 0.29) is 18.0 Å². The Bertz CT molecular complexity index is 732. The summed E-state index contributed by atoms with van der Waals surface area (Å²) in [6, 6.07) is 0. The van der Waals surface area contributed by atoms with Crippen LogP contribution < -0.4 is 0 Å². The van der Waals surface area contributed by atoms with Gasteiger partial charge in [-0.3, -0.25) is 14.6 Å². The van der Waals surface area contributed by atoms with Crippen molar-refractivity contribution in [2.24, 2.45) is 23.0 Å². The molecule has 1 aromatic heterocycles. The van der Waals surface area contributed by atoms with E-state index >= 15 is 0 Å². The highest BCUT2D eigenvalue weighted by molar-refractivity contribution is 7.99. The van der Waals surface area contributed by atoms with Gasteiger partial charge in [0.2, 0.25) is 5.88 Å². The number of thioether (sulfide) groups is 1. The third-order valence-corrected chi connectivity index (χ3v) is 4.70. The minimum atomic E-state index is -0.158. The number of imidazole rings is 1. The van der Waals surface area contributed by atoms with E-state index in [2.05, 4.69) is 21.5 Å². The summed E-state index contributed by atoms with van der Waals surface area (Å²) < 4.78 is 1.66. The summed E-state index contributed by atoms with van der Waals surface area (Å²) in [6.45, 7) is 3.69. The lowest BCUT2D eigenvalue weighted by molar-refractivity contribution is 0.424. The molecule has 2 atom stereocenters. The Balaban J connectivity index is 1.91. The summed E-state index contributed by atoms with van der Waals surface area (Å²) in [7, 11) is 1.78. The van der Waals surface area contributed by atoms with E-state index in [1.165, 1.54) is 11.8 Å².